The summed E-state index contributed by atoms with van der Waals surface area (Å²) in [6.45, 7) is 3.98. The molecule has 0 radical (unpaired) electrons. The third-order valence-corrected chi connectivity index (χ3v) is 4.04. The molecule has 0 bridgehead atoms. The smallest absolute Gasteiger partial charge is 0.125 e. The molecule has 1 aliphatic rings. The molecule has 0 fully saturated rings. The van der Waals surface area contributed by atoms with Crippen LogP contribution in [0.15, 0.2) is 42.6 Å². The van der Waals surface area contributed by atoms with Gasteiger partial charge in [-0.25, -0.2) is 4.98 Å². The van der Waals surface area contributed by atoms with Gasteiger partial charge in [-0.3, -0.25) is 4.90 Å². The van der Waals surface area contributed by atoms with Crippen molar-refractivity contribution in [2.75, 3.05) is 25.0 Å². The quantitative estimate of drug-likeness (QED) is 0.936. The molecule has 3 rings (SSSR count). The first-order valence-corrected chi connectivity index (χ1v) is 7.34. The number of nitrogens with zero attached hydrogens (tertiary/aromatic N) is 2. The number of hydrogen-bond donors (Lipinski definition) is 1. The van der Waals surface area contributed by atoms with Gasteiger partial charge in [-0.05, 0) is 35.7 Å². The van der Waals surface area contributed by atoms with E-state index in [1.165, 1.54) is 11.1 Å². The van der Waals surface area contributed by atoms with Crippen molar-refractivity contribution in [1.82, 2.24) is 9.88 Å². The van der Waals surface area contributed by atoms with Crippen molar-refractivity contribution in [1.29, 1.82) is 0 Å². The van der Waals surface area contributed by atoms with Gasteiger partial charge >= 0.3 is 0 Å². The van der Waals surface area contributed by atoms with E-state index >= 15 is 0 Å². The van der Waals surface area contributed by atoms with Crippen molar-refractivity contribution in [3.05, 3.63) is 58.7 Å². The molecule has 0 spiro atoms. The molecule has 1 aliphatic heterocycles. The lowest BCUT2D eigenvalue weighted by Gasteiger charge is -2.29. The number of nitrogens with one attached hydrogen (secondary N) is 1. The fourth-order valence-corrected chi connectivity index (χ4v) is 2.91. The van der Waals surface area contributed by atoms with Gasteiger partial charge in [0.05, 0.1) is 0 Å². The lowest BCUT2D eigenvalue weighted by Crippen LogP contribution is -2.34. The van der Waals surface area contributed by atoms with Crippen LogP contribution in [0.1, 0.15) is 11.1 Å². The molecule has 20 heavy (non-hydrogen) atoms. The summed E-state index contributed by atoms with van der Waals surface area (Å²) in [5.74, 6) is 0.938. The molecule has 2 aromatic rings. The fourth-order valence-electron chi connectivity index (χ4n) is 2.62. The van der Waals surface area contributed by atoms with E-state index < -0.39 is 0 Å². The number of halogens is 1. The molecule has 1 N–H and O–H groups in total. The van der Waals surface area contributed by atoms with Crippen LogP contribution in [0.4, 0.5) is 5.82 Å². The summed E-state index contributed by atoms with van der Waals surface area (Å²) in [5, 5.41) is 4.26. The lowest BCUT2D eigenvalue weighted by molar-refractivity contribution is 0.264. The molecule has 0 amide bonds. The van der Waals surface area contributed by atoms with E-state index in [1.807, 2.05) is 36.5 Å². The van der Waals surface area contributed by atoms with E-state index in [4.69, 9.17) is 11.6 Å². The minimum absolute atomic E-state index is 0.910. The van der Waals surface area contributed by atoms with Crippen molar-refractivity contribution < 1.29 is 0 Å². The second-order valence-electron chi connectivity index (χ2n) is 5.05. The highest BCUT2D eigenvalue weighted by molar-refractivity contribution is 6.31. The molecule has 2 heterocycles. The van der Waals surface area contributed by atoms with Crippen LogP contribution >= 0.6 is 11.6 Å². The summed E-state index contributed by atoms with van der Waals surface area (Å²) in [5.41, 5.74) is 2.68. The van der Waals surface area contributed by atoms with E-state index in [1.54, 1.807) is 0 Å². The normalized spacial score (nSPS) is 14.8. The van der Waals surface area contributed by atoms with Crippen LogP contribution < -0.4 is 5.32 Å². The molecule has 0 aliphatic carbocycles. The molecular weight excluding hydrogens is 270 g/mol. The molecule has 1 aromatic carbocycles. The summed E-state index contributed by atoms with van der Waals surface area (Å²) in [4.78, 5) is 6.71. The predicted molar refractivity (Wildman–Crippen MR) is 83.2 cm³/mol. The fraction of sp³-hybridized carbons (Fsp3) is 0.312. The molecule has 104 valence electrons. The molecule has 3 nitrogen and oxygen atoms in total. The Morgan fingerprint density at radius 2 is 2.15 bits per heavy atom. The number of rotatable bonds is 4. The Kier molecular flexibility index (Phi) is 4.19. The van der Waals surface area contributed by atoms with E-state index in [0.717, 1.165) is 43.4 Å². The van der Waals surface area contributed by atoms with Gasteiger partial charge in [-0.1, -0.05) is 29.8 Å². The Labute approximate surface area is 124 Å². The Morgan fingerprint density at radius 3 is 3.00 bits per heavy atom. The van der Waals surface area contributed by atoms with E-state index in [9.17, 15) is 0 Å². The zero-order valence-corrected chi connectivity index (χ0v) is 12.1. The van der Waals surface area contributed by atoms with E-state index in [-0.39, 0.29) is 0 Å². The first kappa shape index (κ1) is 13.4. The maximum Gasteiger partial charge on any atom is 0.125 e. The van der Waals surface area contributed by atoms with Crippen LogP contribution in [0.25, 0.3) is 0 Å². The Morgan fingerprint density at radius 1 is 1.20 bits per heavy atom. The SMILES string of the molecule is Clc1cccc2c1CCN(CCNc1ccccn1)C2. The van der Waals surface area contributed by atoms with Crippen molar-refractivity contribution >= 4 is 17.4 Å². The second-order valence-corrected chi connectivity index (χ2v) is 5.45. The number of aromatic nitrogens is 1. The highest BCUT2D eigenvalue weighted by Gasteiger charge is 2.17. The summed E-state index contributed by atoms with van der Waals surface area (Å²) >= 11 is 6.24. The molecule has 0 saturated carbocycles. The highest BCUT2D eigenvalue weighted by Crippen LogP contribution is 2.25. The first-order valence-electron chi connectivity index (χ1n) is 6.96. The minimum atomic E-state index is 0.910. The van der Waals surface area contributed by atoms with E-state index in [2.05, 4.69) is 21.3 Å². The monoisotopic (exact) mass is 287 g/mol. The summed E-state index contributed by atoms with van der Waals surface area (Å²) < 4.78 is 0. The summed E-state index contributed by atoms with van der Waals surface area (Å²) in [6.07, 6.45) is 2.85. The topological polar surface area (TPSA) is 28.2 Å². The largest absolute Gasteiger partial charge is 0.369 e. The second kappa shape index (κ2) is 6.25. The maximum atomic E-state index is 6.24. The molecule has 0 atom stereocenters. The summed E-state index contributed by atoms with van der Waals surface area (Å²) in [7, 11) is 0. The number of anilines is 1. The predicted octanol–water partition coefficient (Wildman–Crippen LogP) is 3.21. The molecule has 0 saturated heterocycles. The lowest BCUT2D eigenvalue weighted by atomic mass is 10.00. The first-order chi connectivity index (χ1) is 9.83. The molecule has 1 aromatic heterocycles. The van der Waals surface area contributed by atoms with Crippen LogP contribution in [0.5, 0.6) is 0 Å². The zero-order valence-electron chi connectivity index (χ0n) is 11.3. The standard InChI is InChI=1S/C16H18ClN3/c17-15-5-3-4-13-12-20(10-7-14(13)15)11-9-19-16-6-1-2-8-18-16/h1-6,8H,7,9-12H2,(H,18,19). The van der Waals surface area contributed by atoms with Crippen LogP contribution in [0.3, 0.4) is 0 Å². The van der Waals surface area contributed by atoms with Gasteiger partial charge in [0.15, 0.2) is 0 Å². The van der Waals surface area contributed by atoms with Crippen LogP contribution in [-0.4, -0.2) is 29.5 Å². The number of pyridine rings is 1. The van der Waals surface area contributed by atoms with Gasteiger partial charge < -0.3 is 5.32 Å². The van der Waals surface area contributed by atoms with Crippen LogP contribution in [-0.2, 0) is 13.0 Å². The Bertz CT molecular complexity index is 571. The number of hydrogen-bond acceptors (Lipinski definition) is 3. The van der Waals surface area contributed by atoms with Gasteiger partial charge in [-0.2, -0.15) is 0 Å². The molecular formula is C16H18ClN3. The Hall–Kier alpha value is -1.58. The van der Waals surface area contributed by atoms with Gasteiger partial charge in [0.25, 0.3) is 0 Å². The van der Waals surface area contributed by atoms with Gasteiger partial charge in [-0.15, -0.1) is 0 Å². The third-order valence-electron chi connectivity index (χ3n) is 3.69. The summed E-state index contributed by atoms with van der Waals surface area (Å²) in [6, 6.07) is 12.1. The van der Waals surface area contributed by atoms with Crippen LogP contribution in [0.2, 0.25) is 5.02 Å². The number of fused-ring (bicyclic) bond motifs is 1. The maximum absolute atomic E-state index is 6.24. The van der Waals surface area contributed by atoms with Crippen molar-refractivity contribution in [2.45, 2.75) is 13.0 Å². The van der Waals surface area contributed by atoms with Gasteiger partial charge in [0.2, 0.25) is 0 Å². The minimum Gasteiger partial charge on any atom is -0.369 e. The molecule has 0 unspecified atom stereocenters. The van der Waals surface area contributed by atoms with Gasteiger partial charge in [0.1, 0.15) is 5.82 Å². The molecule has 4 heteroatoms. The number of benzene rings is 1. The van der Waals surface area contributed by atoms with Crippen LogP contribution in [0, 0.1) is 0 Å². The van der Waals surface area contributed by atoms with Gasteiger partial charge in [0, 0.05) is 37.4 Å². The third kappa shape index (κ3) is 3.11. The van der Waals surface area contributed by atoms with Crippen molar-refractivity contribution in [3.63, 3.8) is 0 Å². The average molecular weight is 288 g/mol. The Balaban J connectivity index is 1.53. The zero-order chi connectivity index (χ0) is 13.8. The van der Waals surface area contributed by atoms with E-state index in [0.29, 0.717) is 0 Å². The highest BCUT2D eigenvalue weighted by atomic mass is 35.5. The van der Waals surface area contributed by atoms with Crippen molar-refractivity contribution in [2.24, 2.45) is 0 Å². The van der Waals surface area contributed by atoms with Crippen molar-refractivity contribution in [3.8, 4) is 0 Å². The average Bonchev–Trinajstić information content (AvgIpc) is 2.48.